The van der Waals surface area contributed by atoms with Gasteiger partial charge in [-0.05, 0) is 19.1 Å². The summed E-state index contributed by atoms with van der Waals surface area (Å²) < 4.78 is 6.31. The lowest BCUT2D eigenvalue weighted by Crippen LogP contribution is -1.87. The van der Waals surface area contributed by atoms with Gasteiger partial charge in [0.15, 0.2) is 4.34 Å². The van der Waals surface area contributed by atoms with E-state index < -0.39 is 0 Å². The average Bonchev–Trinajstić information content (AvgIpc) is 2.79. The Balaban J connectivity index is 2.04. The van der Waals surface area contributed by atoms with E-state index in [0.717, 1.165) is 27.2 Å². The van der Waals surface area contributed by atoms with Crippen molar-refractivity contribution in [2.75, 3.05) is 12.5 Å². The molecule has 0 N–H and O–H groups in total. The molecule has 0 amide bonds. The normalized spacial score (nSPS) is 10.7. The summed E-state index contributed by atoms with van der Waals surface area (Å²) in [5, 5.41) is 2.80. The Bertz CT molecular complexity index is 470. The molecule has 0 spiro atoms. The van der Waals surface area contributed by atoms with Gasteiger partial charge in [-0.2, -0.15) is 0 Å². The number of halogens is 1. The highest BCUT2D eigenvalue weighted by molar-refractivity contribution is 8.00. The second-order valence-electron chi connectivity index (χ2n) is 3.26. The van der Waals surface area contributed by atoms with Crippen LogP contribution in [0, 0.1) is 0 Å². The molecule has 0 aliphatic rings. The Labute approximate surface area is 114 Å². The van der Waals surface area contributed by atoms with Crippen molar-refractivity contribution < 1.29 is 4.74 Å². The van der Waals surface area contributed by atoms with Crippen molar-refractivity contribution in [2.24, 2.45) is 0 Å². The molecule has 0 bridgehead atoms. The SMILES string of the molecule is CCOCSc1nc(-c2ccc(Cl)cc2)cs1. The predicted octanol–water partition coefficient (Wildman–Crippen LogP) is 4.55. The monoisotopic (exact) mass is 285 g/mol. The molecular weight excluding hydrogens is 274 g/mol. The Morgan fingerprint density at radius 3 is 2.82 bits per heavy atom. The van der Waals surface area contributed by atoms with Crippen molar-refractivity contribution in [1.29, 1.82) is 0 Å². The number of aromatic nitrogens is 1. The molecule has 17 heavy (non-hydrogen) atoms. The van der Waals surface area contributed by atoms with Gasteiger partial charge in [0.2, 0.25) is 0 Å². The van der Waals surface area contributed by atoms with E-state index in [9.17, 15) is 0 Å². The topological polar surface area (TPSA) is 22.1 Å². The molecule has 1 aromatic carbocycles. The summed E-state index contributed by atoms with van der Waals surface area (Å²) in [6.45, 7) is 2.73. The van der Waals surface area contributed by atoms with Crippen LogP contribution in [-0.2, 0) is 4.74 Å². The number of benzene rings is 1. The number of rotatable bonds is 5. The maximum absolute atomic E-state index is 5.85. The van der Waals surface area contributed by atoms with Crippen molar-refractivity contribution in [1.82, 2.24) is 4.98 Å². The lowest BCUT2D eigenvalue weighted by atomic mass is 10.2. The molecule has 0 aliphatic heterocycles. The molecule has 0 fully saturated rings. The summed E-state index contributed by atoms with van der Waals surface area (Å²) in [5.41, 5.74) is 2.08. The summed E-state index contributed by atoms with van der Waals surface area (Å²) in [5.74, 6) is 0.657. The molecular formula is C12H12ClNOS2. The fourth-order valence-corrected chi connectivity index (χ4v) is 3.01. The number of hydrogen-bond acceptors (Lipinski definition) is 4. The summed E-state index contributed by atoms with van der Waals surface area (Å²) in [4.78, 5) is 4.54. The lowest BCUT2D eigenvalue weighted by molar-refractivity contribution is 0.199. The molecule has 5 heteroatoms. The minimum Gasteiger partial charge on any atom is -0.371 e. The fraction of sp³-hybridized carbons (Fsp3) is 0.250. The lowest BCUT2D eigenvalue weighted by Gasteiger charge is -1.97. The van der Waals surface area contributed by atoms with Crippen LogP contribution in [0.4, 0.5) is 0 Å². The fourth-order valence-electron chi connectivity index (χ4n) is 1.25. The average molecular weight is 286 g/mol. The molecule has 2 aromatic rings. The van der Waals surface area contributed by atoms with Gasteiger partial charge in [-0.15, -0.1) is 11.3 Å². The van der Waals surface area contributed by atoms with Gasteiger partial charge in [0, 0.05) is 22.6 Å². The van der Waals surface area contributed by atoms with Crippen LogP contribution in [0.25, 0.3) is 11.3 Å². The van der Waals surface area contributed by atoms with E-state index in [1.54, 1.807) is 23.1 Å². The van der Waals surface area contributed by atoms with Crippen molar-refractivity contribution in [3.63, 3.8) is 0 Å². The maximum Gasteiger partial charge on any atom is 0.152 e. The molecule has 2 rings (SSSR count). The Morgan fingerprint density at radius 2 is 2.12 bits per heavy atom. The zero-order chi connectivity index (χ0) is 12.1. The highest BCUT2D eigenvalue weighted by Crippen LogP contribution is 2.28. The number of ether oxygens (including phenoxy) is 1. The Kier molecular flexibility index (Phi) is 4.86. The Morgan fingerprint density at radius 1 is 1.35 bits per heavy atom. The highest BCUT2D eigenvalue weighted by atomic mass is 35.5. The third-order valence-electron chi connectivity index (χ3n) is 2.09. The minimum absolute atomic E-state index is 0.657. The van der Waals surface area contributed by atoms with Gasteiger partial charge in [0.05, 0.1) is 11.6 Å². The van der Waals surface area contributed by atoms with Gasteiger partial charge in [-0.1, -0.05) is 35.5 Å². The zero-order valence-electron chi connectivity index (χ0n) is 9.35. The number of thioether (sulfide) groups is 1. The van der Waals surface area contributed by atoms with E-state index in [0.29, 0.717) is 5.94 Å². The van der Waals surface area contributed by atoms with Gasteiger partial charge < -0.3 is 4.74 Å². The molecule has 0 saturated carbocycles. The molecule has 0 unspecified atom stereocenters. The zero-order valence-corrected chi connectivity index (χ0v) is 11.7. The van der Waals surface area contributed by atoms with Crippen LogP contribution in [0.5, 0.6) is 0 Å². The van der Waals surface area contributed by atoms with Gasteiger partial charge in [0.25, 0.3) is 0 Å². The van der Waals surface area contributed by atoms with Crippen LogP contribution in [0.1, 0.15) is 6.92 Å². The maximum atomic E-state index is 5.85. The number of thiazole rings is 1. The smallest absolute Gasteiger partial charge is 0.152 e. The molecule has 1 heterocycles. The summed E-state index contributed by atoms with van der Waals surface area (Å²) in [6, 6.07) is 7.72. The van der Waals surface area contributed by atoms with Crippen LogP contribution in [0.3, 0.4) is 0 Å². The molecule has 0 atom stereocenters. The third-order valence-corrected chi connectivity index (χ3v) is 4.24. The van der Waals surface area contributed by atoms with E-state index in [1.165, 1.54) is 0 Å². The summed E-state index contributed by atoms with van der Waals surface area (Å²) >= 11 is 9.11. The standard InChI is InChI=1S/C12H12ClNOS2/c1-2-15-8-17-12-14-11(7-16-12)9-3-5-10(13)6-4-9/h3-7H,2,8H2,1H3. The van der Waals surface area contributed by atoms with Crippen LogP contribution in [0.2, 0.25) is 5.02 Å². The molecule has 2 nitrogen and oxygen atoms in total. The summed E-state index contributed by atoms with van der Waals surface area (Å²) in [6.07, 6.45) is 0. The number of nitrogens with zero attached hydrogens (tertiary/aromatic N) is 1. The van der Waals surface area contributed by atoms with Gasteiger partial charge in [0.1, 0.15) is 0 Å². The quantitative estimate of drug-likeness (QED) is 0.457. The first-order chi connectivity index (χ1) is 8.29. The van der Waals surface area contributed by atoms with Crippen LogP contribution >= 0.6 is 34.7 Å². The van der Waals surface area contributed by atoms with Crippen molar-refractivity contribution in [3.8, 4) is 11.3 Å². The largest absolute Gasteiger partial charge is 0.371 e. The van der Waals surface area contributed by atoms with E-state index >= 15 is 0 Å². The first-order valence-electron chi connectivity index (χ1n) is 5.21. The molecule has 90 valence electrons. The second-order valence-corrected chi connectivity index (χ2v) is 5.72. The molecule has 0 saturated heterocycles. The van der Waals surface area contributed by atoms with Crippen LogP contribution in [0.15, 0.2) is 34.0 Å². The van der Waals surface area contributed by atoms with E-state index in [-0.39, 0.29) is 0 Å². The van der Waals surface area contributed by atoms with Gasteiger partial charge in [-0.3, -0.25) is 0 Å². The summed E-state index contributed by atoms with van der Waals surface area (Å²) in [7, 11) is 0. The minimum atomic E-state index is 0.657. The van der Waals surface area contributed by atoms with E-state index in [1.807, 2.05) is 31.2 Å². The van der Waals surface area contributed by atoms with Crippen molar-refractivity contribution >= 4 is 34.7 Å². The third kappa shape index (κ3) is 3.71. The molecule has 0 aliphatic carbocycles. The van der Waals surface area contributed by atoms with E-state index in [2.05, 4.69) is 10.4 Å². The van der Waals surface area contributed by atoms with E-state index in [4.69, 9.17) is 16.3 Å². The van der Waals surface area contributed by atoms with Crippen LogP contribution < -0.4 is 0 Å². The molecule has 1 aromatic heterocycles. The number of hydrogen-bond donors (Lipinski definition) is 0. The van der Waals surface area contributed by atoms with Gasteiger partial charge >= 0.3 is 0 Å². The highest BCUT2D eigenvalue weighted by Gasteiger charge is 2.04. The van der Waals surface area contributed by atoms with Crippen molar-refractivity contribution in [2.45, 2.75) is 11.3 Å². The first kappa shape index (κ1) is 12.9. The Hall–Kier alpha value is -0.550. The first-order valence-corrected chi connectivity index (χ1v) is 7.46. The second kappa shape index (κ2) is 6.40. The van der Waals surface area contributed by atoms with Crippen LogP contribution in [-0.4, -0.2) is 17.5 Å². The van der Waals surface area contributed by atoms with Gasteiger partial charge in [-0.25, -0.2) is 4.98 Å². The van der Waals surface area contributed by atoms with Crippen molar-refractivity contribution in [3.05, 3.63) is 34.7 Å². The molecule has 0 radical (unpaired) electrons. The predicted molar refractivity (Wildman–Crippen MR) is 74.9 cm³/mol.